The maximum Gasteiger partial charge on any atom is 0.0950 e. The summed E-state index contributed by atoms with van der Waals surface area (Å²) in [5, 5.41) is 3.21. The first-order valence-electron chi connectivity index (χ1n) is 7.24. The summed E-state index contributed by atoms with van der Waals surface area (Å²) in [6, 6.07) is 8.54. The van der Waals surface area contributed by atoms with Crippen molar-refractivity contribution in [3.8, 4) is 0 Å². The van der Waals surface area contributed by atoms with Crippen molar-refractivity contribution in [3.05, 3.63) is 35.4 Å². The zero-order valence-corrected chi connectivity index (χ0v) is 12.0. The van der Waals surface area contributed by atoms with Gasteiger partial charge in [0.1, 0.15) is 0 Å². The molecule has 1 heterocycles. The second-order valence-electron chi connectivity index (χ2n) is 5.28. The maximum atomic E-state index is 6.08. The Balaban J connectivity index is 1.91. The summed E-state index contributed by atoms with van der Waals surface area (Å²) in [6.07, 6.45) is 3.96. The molecule has 1 aliphatic rings. The molecule has 0 radical (unpaired) electrons. The minimum atomic E-state index is 0.107. The Labute approximate surface area is 116 Å². The Morgan fingerprint density at radius 2 is 2.32 bits per heavy atom. The van der Waals surface area contributed by atoms with Crippen LogP contribution in [0.4, 0.5) is 0 Å². The molecule has 1 saturated heterocycles. The third kappa shape index (κ3) is 4.60. The fraction of sp³-hybridized carbons (Fsp3) is 0.625. The fourth-order valence-electron chi connectivity index (χ4n) is 2.49. The fourth-order valence-corrected chi connectivity index (χ4v) is 2.49. The first-order valence-corrected chi connectivity index (χ1v) is 7.24. The normalized spacial score (nSPS) is 21.3. The van der Waals surface area contributed by atoms with Gasteiger partial charge in [-0.15, -0.1) is 0 Å². The van der Waals surface area contributed by atoms with Crippen LogP contribution >= 0.6 is 0 Å². The lowest BCUT2D eigenvalue weighted by Crippen LogP contribution is -2.28. The van der Waals surface area contributed by atoms with Crippen LogP contribution in [0.2, 0.25) is 0 Å². The van der Waals surface area contributed by atoms with Crippen LogP contribution in [-0.4, -0.2) is 32.9 Å². The minimum absolute atomic E-state index is 0.107. The molecule has 1 aliphatic heterocycles. The second kappa shape index (κ2) is 7.63. The molecule has 0 spiro atoms. The van der Waals surface area contributed by atoms with Crippen molar-refractivity contribution < 1.29 is 9.47 Å². The van der Waals surface area contributed by atoms with E-state index < -0.39 is 0 Å². The van der Waals surface area contributed by atoms with Crippen LogP contribution in [0.3, 0.4) is 0 Å². The summed E-state index contributed by atoms with van der Waals surface area (Å²) >= 11 is 0. The molecule has 0 bridgehead atoms. The van der Waals surface area contributed by atoms with E-state index in [2.05, 4.69) is 36.5 Å². The first-order chi connectivity index (χ1) is 9.29. The Kier molecular flexibility index (Phi) is 5.83. The molecule has 1 fully saturated rings. The molecule has 19 heavy (non-hydrogen) atoms. The van der Waals surface area contributed by atoms with E-state index in [1.807, 2.05) is 7.05 Å². The van der Waals surface area contributed by atoms with Crippen molar-refractivity contribution in [2.24, 2.45) is 0 Å². The topological polar surface area (TPSA) is 30.5 Å². The molecule has 2 atom stereocenters. The van der Waals surface area contributed by atoms with Crippen LogP contribution in [-0.2, 0) is 9.47 Å². The zero-order valence-electron chi connectivity index (χ0n) is 12.0. The molecule has 3 heteroatoms. The highest BCUT2D eigenvalue weighted by Gasteiger charge is 2.18. The van der Waals surface area contributed by atoms with Gasteiger partial charge in [0.2, 0.25) is 0 Å². The van der Waals surface area contributed by atoms with E-state index in [0.717, 1.165) is 19.6 Å². The van der Waals surface area contributed by atoms with E-state index in [-0.39, 0.29) is 12.2 Å². The van der Waals surface area contributed by atoms with Gasteiger partial charge in [-0.3, -0.25) is 0 Å². The van der Waals surface area contributed by atoms with Crippen molar-refractivity contribution in [1.29, 1.82) is 0 Å². The highest BCUT2D eigenvalue weighted by molar-refractivity contribution is 5.24. The number of nitrogens with one attached hydrogen (secondary N) is 1. The van der Waals surface area contributed by atoms with Gasteiger partial charge in [0.15, 0.2) is 0 Å². The predicted octanol–water partition coefficient (Wildman–Crippen LogP) is 2.84. The molecule has 0 aromatic heterocycles. The molecule has 106 valence electrons. The first kappa shape index (κ1) is 14.5. The lowest BCUT2D eigenvalue weighted by molar-refractivity contribution is -0.0630. The number of likely N-dealkylation sites (N-methyl/N-ethyl adjacent to an activating group) is 1. The van der Waals surface area contributed by atoms with Crippen molar-refractivity contribution in [3.63, 3.8) is 0 Å². The molecule has 0 aliphatic carbocycles. The summed E-state index contributed by atoms with van der Waals surface area (Å²) in [5.74, 6) is 0. The average Bonchev–Trinajstić information content (AvgIpc) is 2.44. The number of hydrogen-bond acceptors (Lipinski definition) is 3. The lowest BCUT2D eigenvalue weighted by atomic mass is 10.1. The largest absolute Gasteiger partial charge is 0.376 e. The Hall–Kier alpha value is -0.900. The highest BCUT2D eigenvalue weighted by atomic mass is 16.5. The average molecular weight is 263 g/mol. The lowest BCUT2D eigenvalue weighted by Gasteiger charge is -2.25. The van der Waals surface area contributed by atoms with Crippen LogP contribution < -0.4 is 5.32 Å². The summed E-state index contributed by atoms with van der Waals surface area (Å²) in [6.45, 7) is 4.52. The van der Waals surface area contributed by atoms with Gasteiger partial charge in [0.05, 0.1) is 18.8 Å². The van der Waals surface area contributed by atoms with Crippen LogP contribution in [0.25, 0.3) is 0 Å². The van der Waals surface area contributed by atoms with Crippen molar-refractivity contribution >= 4 is 0 Å². The molecule has 2 unspecified atom stereocenters. The van der Waals surface area contributed by atoms with Gasteiger partial charge in [0.25, 0.3) is 0 Å². The van der Waals surface area contributed by atoms with E-state index in [9.17, 15) is 0 Å². The smallest absolute Gasteiger partial charge is 0.0950 e. The molecule has 1 aromatic carbocycles. The molecule has 3 nitrogen and oxygen atoms in total. The van der Waals surface area contributed by atoms with Crippen LogP contribution in [0.15, 0.2) is 24.3 Å². The molecule has 0 saturated carbocycles. The van der Waals surface area contributed by atoms with Crippen molar-refractivity contribution in [2.75, 3.05) is 26.8 Å². The Morgan fingerprint density at radius 3 is 3.00 bits per heavy atom. The van der Waals surface area contributed by atoms with Gasteiger partial charge < -0.3 is 14.8 Å². The molecule has 2 rings (SSSR count). The van der Waals surface area contributed by atoms with Crippen LogP contribution in [0.5, 0.6) is 0 Å². The monoisotopic (exact) mass is 263 g/mol. The van der Waals surface area contributed by atoms with E-state index in [1.54, 1.807) is 0 Å². The highest BCUT2D eigenvalue weighted by Crippen LogP contribution is 2.20. The van der Waals surface area contributed by atoms with Crippen LogP contribution in [0.1, 0.15) is 36.5 Å². The zero-order chi connectivity index (χ0) is 13.5. The third-order valence-corrected chi connectivity index (χ3v) is 3.56. The van der Waals surface area contributed by atoms with E-state index in [4.69, 9.17) is 9.47 Å². The van der Waals surface area contributed by atoms with E-state index in [1.165, 1.54) is 24.0 Å². The summed E-state index contributed by atoms with van der Waals surface area (Å²) in [7, 11) is 1.96. The molecular formula is C16H25NO2. The van der Waals surface area contributed by atoms with Gasteiger partial charge in [-0.05, 0) is 38.8 Å². The Bertz CT molecular complexity index is 375. The number of aryl methyl sites for hydroxylation is 1. The Morgan fingerprint density at radius 1 is 1.42 bits per heavy atom. The van der Waals surface area contributed by atoms with Gasteiger partial charge in [-0.25, -0.2) is 0 Å². The number of hydrogen-bond donors (Lipinski definition) is 1. The molecule has 0 amide bonds. The minimum Gasteiger partial charge on any atom is -0.376 e. The summed E-state index contributed by atoms with van der Waals surface area (Å²) in [5.41, 5.74) is 2.52. The van der Waals surface area contributed by atoms with Gasteiger partial charge in [-0.1, -0.05) is 29.8 Å². The maximum absolute atomic E-state index is 6.08. The number of rotatable bonds is 6. The number of benzene rings is 1. The quantitative estimate of drug-likeness (QED) is 0.856. The predicted molar refractivity (Wildman–Crippen MR) is 77.4 cm³/mol. The van der Waals surface area contributed by atoms with Crippen molar-refractivity contribution in [2.45, 2.75) is 38.4 Å². The van der Waals surface area contributed by atoms with Gasteiger partial charge in [0, 0.05) is 13.2 Å². The molecular weight excluding hydrogens is 238 g/mol. The van der Waals surface area contributed by atoms with Gasteiger partial charge >= 0.3 is 0 Å². The SMILES string of the molecule is CNCC(OCC1CCCCO1)c1cccc(C)c1. The van der Waals surface area contributed by atoms with Gasteiger partial charge in [-0.2, -0.15) is 0 Å². The molecule has 1 N–H and O–H groups in total. The standard InChI is InChI=1S/C16H25NO2/c1-13-6-5-7-14(10-13)16(11-17-2)19-12-15-8-3-4-9-18-15/h5-7,10,15-17H,3-4,8-9,11-12H2,1-2H3. The third-order valence-electron chi connectivity index (χ3n) is 3.56. The summed E-state index contributed by atoms with van der Waals surface area (Å²) in [4.78, 5) is 0. The van der Waals surface area contributed by atoms with E-state index >= 15 is 0 Å². The van der Waals surface area contributed by atoms with Crippen LogP contribution in [0, 0.1) is 6.92 Å². The second-order valence-corrected chi connectivity index (χ2v) is 5.28. The summed E-state index contributed by atoms with van der Waals surface area (Å²) < 4.78 is 11.8. The molecule has 1 aromatic rings. The number of ether oxygens (including phenoxy) is 2. The van der Waals surface area contributed by atoms with Crippen molar-refractivity contribution in [1.82, 2.24) is 5.32 Å². The van der Waals surface area contributed by atoms with E-state index in [0.29, 0.717) is 6.61 Å².